The summed E-state index contributed by atoms with van der Waals surface area (Å²) in [5.41, 5.74) is -0.0957. The first kappa shape index (κ1) is 31.7. The van der Waals surface area contributed by atoms with Crippen molar-refractivity contribution in [3.05, 3.63) is 97.1 Å². The van der Waals surface area contributed by atoms with Crippen LogP contribution in [0, 0.1) is 11.8 Å². The molecule has 44 heavy (non-hydrogen) atoms. The van der Waals surface area contributed by atoms with Gasteiger partial charge in [0.2, 0.25) is 17.7 Å². The van der Waals surface area contributed by atoms with E-state index in [4.69, 9.17) is 4.74 Å². The second-order valence-electron chi connectivity index (χ2n) is 12.3. The summed E-state index contributed by atoms with van der Waals surface area (Å²) in [5.74, 6) is -2.27. The highest BCUT2D eigenvalue weighted by Gasteiger charge is 2.79. The largest absolute Gasteiger partial charge is 0.394 e. The summed E-state index contributed by atoms with van der Waals surface area (Å²) in [7, 11) is 0. The van der Waals surface area contributed by atoms with Gasteiger partial charge in [0.05, 0.1) is 30.1 Å². The summed E-state index contributed by atoms with van der Waals surface area (Å²) in [6.07, 6.45) is 5.45. The standard InChI is InChI=1S/C36H45N3O5/c1-5-21-37(23-26-15-11-9-12-16-26)32(41)29-30-33(42)39(28(7-3)25-40)31(36(30)20-19-35(29,8-4)44-36)34(43)38(22-6-2)24-27-17-13-10-14-18-27/h5-6,9-18,28-31,40H,1-2,7-8,19-25H2,3-4H3/t28-,29-,30-,31?,35+,36?/m0/s1. The highest BCUT2D eigenvalue weighted by Crippen LogP contribution is 2.65. The third-order valence-corrected chi connectivity index (χ3v) is 9.95. The maximum Gasteiger partial charge on any atom is 0.249 e. The molecule has 2 bridgehead atoms. The van der Waals surface area contributed by atoms with Gasteiger partial charge in [-0.05, 0) is 36.8 Å². The lowest BCUT2D eigenvalue weighted by Gasteiger charge is -2.39. The Labute approximate surface area is 261 Å². The Balaban J connectivity index is 1.58. The van der Waals surface area contributed by atoms with Crippen LogP contribution in [0.4, 0.5) is 0 Å². The lowest BCUT2D eigenvalue weighted by atomic mass is 9.64. The molecule has 0 radical (unpaired) electrons. The number of carbonyl (C=O) groups is 3. The first-order chi connectivity index (χ1) is 21.3. The maximum absolute atomic E-state index is 14.7. The number of ether oxygens (including phenoxy) is 1. The van der Waals surface area contributed by atoms with Crippen molar-refractivity contribution in [2.24, 2.45) is 11.8 Å². The van der Waals surface area contributed by atoms with Crippen molar-refractivity contribution in [1.29, 1.82) is 0 Å². The molecule has 8 nitrogen and oxygen atoms in total. The van der Waals surface area contributed by atoms with Crippen molar-refractivity contribution in [1.82, 2.24) is 14.7 Å². The molecule has 0 saturated carbocycles. The number of aliphatic hydroxyl groups is 1. The van der Waals surface area contributed by atoms with Gasteiger partial charge in [-0.15, -0.1) is 13.2 Å². The van der Waals surface area contributed by atoms with Crippen LogP contribution < -0.4 is 0 Å². The molecule has 3 aliphatic heterocycles. The molecule has 234 valence electrons. The molecule has 2 aromatic carbocycles. The number of carbonyl (C=O) groups excluding carboxylic acids is 3. The summed E-state index contributed by atoms with van der Waals surface area (Å²) in [5, 5.41) is 10.4. The average molecular weight is 600 g/mol. The van der Waals surface area contributed by atoms with Crippen molar-refractivity contribution < 1.29 is 24.2 Å². The molecule has 3 amide bonds. The fourth-order valence-corrected chi connectivity index (χ4v) is 7.87. The normalized spacial score (nSPS) is 27.6. The van der Waals surface area contributed by atoms with Crippen LogP contribution in [-0.4, -0.2) is 80.5 Å². The number of hydrogen-bond acceptors (Lipinski definition) is 5. The van der Waals surface area contributed by atoms with E-state index in [9.17, 15) is 19.5 Å². The molecule has 2 unspecified atom stereocenters. The quantitative estimate of drug-likeness (QED) is 0.327. The van der Waals surface area contributed by atoms with Gasteiger partial charge in [0.25, 0.3) is 0 Å². The van der Waals surface area contributed by atoms with E-state index in [1.807, 2.05) is 74.5 Å². The van der Waals surface area contributed by atoms with Crippen LogP contribution in [0.15, 0.2) is 86.0 Å². The Kier molecular flexibility index (Phi) is 9.42. The smallest absolute Gasteiger partial charge is 0.249 e. The molecule has 0 aliphatic carbocycles. The van der Waals surface area contributed by atoms with Gasteiger partial charge in [-0.25, -0.2) is 0 Å². The monoisotopic (exact) mass is 599 g/mol. The van der Waals surface area contributed by atoms with Gasteiger partial charge in [-0.2, -0.15) is 0 Å². The molecule has 1 N–H and O–H groups in total. The zero-order valence-corrected chi connectivity index (χ0v) is 25.9. The summed E-state index contributed by atoms with van der Waals surface area (Å²) >= 11 is 0. The van der Waals surface area contributed by atoms with E-state index in [-0.39, 0.29) is 30.9 Å². The van der Waals surface area contributed by atoms with E-state index in [0.717, 1.165) is 11.1 Å². The molecular formula is C36H45N3O5. The summed E-state index contributed by atoms with van der Waals surface area (Å²) in [4.78, 5) is 49.0. The first-order valence-corrected chi connectivity index (χ1v) is 15.8. The topological polar surface area (TPSA) is 90.4 Å². The van der Waals surface area contributed by atoms with Crippen molar-refractivity contribution in [2.75, 3.05) is 19.7 Å². The molecule has 3 heterocycles. The molecule has 1 spiro atoms. The van der Waals surface area contributed by atoms with E-state index < -0.39 is 35.1 Å². The Morgan fingerprint density at radius 2 is 1.50 bits per heavy atom. The molecular weight excluding hydrogens is 554 g/mol. The predicted molar refractivity (Wildman–Crippen MR) is 169 cm³/mol. The summed E-state index contributed by atoms with van der Waals surface area (Å²) in [6.45, 7) is 12.7. The van der Waals surface area contributed by atoms with Crippen molar-refractivity contribution in [3.8, 4) is 0 Å². The number of aliphatic hydroxyl groups excluding tert-OH is 1. The van der Waals surface area contributed by atoms with E-state index in [1.165, 1.54) is 0 Å². The second-order valence-corrected chi connectivity index (χ2v) is 12.3. The van der Waals surface area contributed by atoms with Crippen molar-refractivity contribution >= 4 is 17.7 Å². The molecule has 6 atom stereocenters. The number of rotatable bonds is 14. The molecule has 8 heteroatoms. The molecule has 3 saturated heterocycles. The molecule has 5 rings (SSSR count). The Morgan fingerprint density at radius 1 is 0.955 bits per heavy atom. The van der Waals surface area contributed by atoms with Crippen LogP contribution in [0.1, 0.15) is 50.7 Å². The first-order valence-electron chi connectivity index (χ1n) is 15.8. The minimum absolute atomic E-state index is 0.159. The number of fused-ring (bicyclic) bond motifs is 1. The van der Waals surface area contributed by atoms with Crippen LogP contribution in [-0.2, 0) is 32.2 Å². The van der Waals surface area contributed by atoms with Gasteiger partial charge < -0.3 is 24.5 Å². The van der Waals surface area contributed by atoms with Crippen molar-refractivity contribution in [2.45, 2.75) is 75.9 Å². The van der Waals surface area contributed by atoms with Crippen molar-refractivity contribution in [3.63, 3.8) is 0 Å². The van der Waals surface area contributed by atoms with Gasteiger partial charge in [-0.3, -0.25) is 14.4 Å². The number of benzene rings is 2. The van der Waals surface area contributed by atoms with Gasteiger partial charge in [-0.1, -0.05) is 86.7 Å². The number of likely N-dealkylation sites (tertiary alicyclic amines) is 1. The lowest BCUT2D eigenvalue weighted by molar-refractivity contribution is -0.158. The zero-order chi connectivity index (χ0) is 31.5. The number of hydrogen-bond donors (Lipinski definition) is 1. The fourth-order valence-electron chi connectivity index (χ4n) is 7.87. The van der Waals surface area contributed by atoms with E-state index in [0.29, 0.717) is 45.3 Å². The zero-order valence-electron chi connectivity index (χ0n) is 25.9. The van der Waals surface area contributed by atoms with Crippen LogP contribution in [0.2, 0.25) is 0 Å². The van der Waals surface area contributed by atoms with Crippen LogP contribution in [0.5, 0.6) is 0 Å². The van der Waals surface area contributed by atoms with E-state index in [2.05, 4.69) is 13.2 Å². The Morgan fingerprint density at radius 3 is 1.98 bits per heavy atom. The SMILES string of the molecule is C=CCN(Cc1ccccc1)C(=O)C1N([C@@H](CC)CO)C(=O)[C@@H]2[C@@H](C(=O)N(CC=C)Cc3ccccc3)[C@@]3(CC)CCC12O3. The summed E-state index contributed by atoms with van der Waals surface area (Å²) < 4.78 is 6.99. The van der Waals surface area contributed by atoms with Gasteiger partial charge in [0.1, 0.15) is 11.6 Å². The van der Waals surface area contributed by atoms with Crippen LogP contribution >= 0.6 is 0 Å². The maximum atomic E-state index is 14.7. The number of amides is 3. The van der Waals surface area contributed by atoms with E-state index >= 15 is 0 Å². The van der Waals surface area contributed by atoms with E-state index in [1.54, 1.807) is 26.9 Å². The number of nitrogens with zero attached hydrogens (tertiary/aromatic N) is 3. The molecule has 3 aliphatic rings. The second kappa shape index (κ2) is 13.1. The minimum Gasteiger partial charge on any atom is -0.394 e. The average Bonchev–Trinajstić information content (AvgIpc) is 3.65. The van der Waals surface area contributed by atoms with Crippen LogP contribution in [0.3, 0.4) is 0 Å². The molecule has 2 aromatic rings. The third-order valence-electron chi connectivity index (χ3n) is 9.95. The third kappa shape index (κ3) is 5.28. The van der Waals surface area contributed by atoms with Gasteiger partial charge >= 0.3 is 0 Å². The minimum atomic E-state index is -1.17. The predicted octanol–water partition coefficient (Wildman–Crippen LogP) is 4.34. The fraction of sp³-hybridized carbons (Fsp3) is 0.472. The molecule has 0 aromatic heterocycles. The van der Waals surface area contributed by atoms with Crippen LogP contribution in [0.25, 0.3) is 0 Å². The lowest BCUT2D eigenvalue weighted by Crippen LogP contribution is -2.58. The summed E-state index contributed by atoms with van der Waals surface area (Å²) in [6, 6.07) is 17.9. The van der Waals surface area contributed by atoms with Gasteiger partial charge in [0, 0.05) is 26.2 Å². The highest BCUT2D eigenvalue weighted by atomic mass is 16.5. The Hall–Kier alpha value is -3.75. The Bertz CT molecular complexity index is 1360. The van der Waals surface area contributed by atoms with Gasteiger partial charge in [0.15, 0.2) is 0 Å². The molecule has 3 fully saturated rings. The highest BCUT2D eigenvalue weighted by molar-refractivity contribution is 5.99.